The van der Waals surface area contributed by atoms with Crippen LogP contribution >= 0.6 is 0 Å². The van der Waals surface area contributed by atoms with Crippen molar-refractivity contribution in [1.29, 1.82) is 0 Å². The van der Waals surface area contributed by atoms with Gasteiger partial charge in [0, 0.05) is 30.1 Å². The van der Waals surface area contributed by atoms with E-state index >= 15 is 0 Å². The molecule has 36 heavy (non-hydrogen) atoms. The molecule has 0 saturated carbocycles. The third-order valence-corrected chi connectivity index (χ3v) is 5.57. The molecule has 8 nitrogen and oxygen atoms in total. The van der Waals surface area contributed by atoms with Crippen LogP contribution in [0, 0.1) is 5.92 Å². The van der Waals surface area contributed by atoms with Crippen molar-refractivity contribution in [2.45, 2.75) is 26.8 Å². The highest BCUT2D eigenvalue weighted by molar-refractivity contribution is 6.51. The Morgan fingerprint density at radius 2 is 1.83 bits per heavy atom. The highest BCUT2D eigenvalue weighted by atomic mass is 16.5. The average molecular weight is 486 g/mol. The first kappa shape index (κ1) is 24.7. The van der Waals surface area contributed by atoms with E-state index in [9.17, 15) is 19.5 Å². The number of nitrogens with zero attached hydrogens (tertiary/aromatic N) is 2. The Labute approximate surface area is 209 Å². The van der Waals surface area contributed by atoms with E-state index in [1.807, 2.05) is 13.8 Å². The van der Waals surface area contributed by atoms with Gasteiger partial charge in [-0.15, -0.1) is 0 Å². The summed E-state index contributed by atoms with van der Waals surface area (Å²) in [5.74, 6) is -1.28. The van der Waals surface area contributed by atoms with E-state index in [0.717, 1.165) is 0 Å². The zero-order valence-corrected chi connectivity index (χ0v) is 20.3. The maximum atomic E-state index is 13.3. The van der Waals surface area contributed by atoms with Crippen molar-refractivity contribution >= 4 is 34.7 Å². The lowest BCUT2D eigenvalue weighted by molar-refractivity contribution is -0.132. The minimum atomic E-state index is -0.946. The van der Waals surface area contributed by atoms with Crippen LogP contribution in [0.1, 0.15) is 38.1 Å². The number of anilines is 2. The molecular formula is C28H27N3O5. The van der Waals surface area contributed by atoms with E-state index in [4.69, 9.17) is 4.74 Å². The SMILES string of the molecule is CC(=O)Nc1ccc(N2C(=O)C(=O)/C(=C(\O)c3cccc(OCC(C)C)c3)C2c2ccccn2)cc1. The van der Waals surface area contributed by atoms with Gasteiger partial charge < -0.3 is 15.2 Å². The number of amides is 2. The fourth-order valence-electron chi connectivity index (χ4n) is 3.98. The summed E-state index contributed by atoms with van der Waals surface area (Å²) < 4.78 is 5.77. The van der Waals surface area contributed by atoms with Crippen LogP contribution in [0.3, 0.4) is 0 Å². The fraction of sp³-hybridized carbons (Fsp3) is 0.214. The highest BCUT2D eigenvalue weighted by Crippen LogP contribution is 2.41. The average Bonchev–Trinajstić information content (AvgIpc) is 3.13. The lowest BCUT2D eigenvalue weighted by Gasteiger charge is -2.24. The molecule has 4 rings (SSSR count). The molecule has 0 aliphatic carbocycles. The lowest BCUT2D eigenvalue weighted by Crippen LogP contribution is -2.29. The fourth-order valence-corrected chi connectivity index (χ4v) is 3.98. The quantitative estimate of drug-likeness (QED) is 0.285. The van der Waals surface area contributed by atoms with Gasteiger partial charge in [0.25, 0.3) is 11.7 Å². The van der Waals surface area contributed by atoms with Crippen molar-refractivity contribution in [3.63, 3.8) is 0 Å². The van der Waals surface area contributed by atoms with Crippen LogP contribution in [0.4, 0.5) is 11.4 Å². The predicted molar refractivity (Wildman–Crippen MR) is 137 cm³/mol. The van der Waals surface area contributed by atoms with Crippen molar-refractivity contribution in [3.05, 3.63) is 89.8 Å². The Balaban J connectivity index is 1.80. The molecule has 1 aliphatic rings. The number of nitrogens with one attached hydrogen (secondary N) is 1. The first-order valence-corrected chi connectivity index (χ1v) is 11.6. The number of hydrogen-bond donors (Lipinski definition) is 2. The molecule has 1 atom stereocenters. The summed E-state index contributed by atoms with van der Waals surface area (Å²) in [5, 5.41) is 14.0. The number of aliphatic hydroxyl groups is 1. The summed E-state index contributed by atoms with van der Waals surface area (Å²) in [7, 11) is 0. The van der Waals surface area contributed by atoms with Crippen LogP contribution in [0.2, 0.25) is 0 Å². The molecule has 3 aromatic rings. The second kappa shape index (κ2) is 10.4. The minimum absolute atomic E-state index is 0.0642. The number of carbonyl (C=O) groups excluding carboxylic acids is 3. The Hall–Kier alpha value is -4.46. The molecule has 2 N–H and O–H groups in total. The molecule has 1 aliphatic heterocycles. The zero-order valence-electron chi connectivity index (χ0n) is 20.3. The summed E-state index contributed by atoms with van der Waals surface area (Å²) in [6.45, 7) is 5.95. The number of hydrogen-bond acceptors (Lipinski definition) is 6. The number of pyridine rings is 1. The van der Waals surface area contributed by atoms with Crippen molar-refractivity contribution < 1.29 is 24.2 Å². The van der Waals surface area contributed by atoms with E-state index in [-0.39, 0.29) is 17.2 Å². The maximum Gasteiger partial charge on any atom is 0.300 e. The van der Waals surface area contributed by atoms with Crippen molar-refractivity contribution in [2.24, 2.45) is 5.92 Å². The molecule has 1 saturated heterocycles. The van der Waals surface area contributed by atoms with E-state index in [2.05, 4.69) is 10.3 Å². The number of Topliss-reactive ketones (excluding diaryl/α,β-unsaturated/α-hetero) is 1. The lowest BCUT2D eigenvalue weighted by atomic mass is 9.98. The first-order chi connectivity index (χ1) is 17.3. The Kier molecular flexibility index (Phi) is 7.15. The minimum Gasteiger partial charge on any atom is -0.507 e. The van der Waals surface area contributed by atoms with E-state index in [1.54, 1.807) is 72.9 Å². The van der Waals surface area contributed by atoms with Gasteiger partial charge in [0.15, 0.2) is 0 Å². The molecule has 2 heterocycles. The molecule has 1 fully saturated rings. The molecule has 8 heteroatoms. The van der Waals surface area contributed by atoms with Crippen molar-refractivity contribution in [3.8, 4) is 5.75 Å². The van der Waals surface area contributed by atoms with Gasteiger partial charge in [-0.3, -0.25) is 24.3 Å². The Bertz CT molecular complexity index is 1320. The summed E-state index contributed by atoms with van der Waals surface area (Å²) in [4.78, 5) is 43.6. The van der Waals surface area contributed by atoms with Crippen LogP contribution in [-0.2, 0) is 14.4 Å². The van der Waals surface area contributed by atoms with Crippen LogP contribution in [-0.4, -0.2) is 34.3 Å². The van der Waals surface area contributed by atoms with Gasteiger partial charge in [0.1, 0.15) is 17.6 Å². The molecule has 2 aromatic carbocycles. The molecule has 1 unspecified atom stereocenters. The van der Waals surface area contributed by atoms with Gasteiger partial charge in [-0.2, -0.15) is 0 Å². The van der Waals surface area contributed by atoms with Gasteiger partial charge in [0.2, 0.25) is 5.91 Å². The molecule has 0 bridgehead atoms. The van der Waals surface area contributed by atoms with Gasteiger partial charge in [-0.25, -0.2) is 0 Å². The van der Waals surface area contributed by atoms with Crippen molar-refractivity contribution in [1.82, 2.24) is 4.98 Å². The molecular weight excluding hydrogens is 458 g/mol. The number of aliphatic hydroxyl groups excluding tert-OH is 1. The zero-order chi connectivity index (χ0) is 25.8. The van der Waals surface area contributed by atoms with Crippen LogP contribution < -0.4 is 15.0 Å². The number of rotatable bonds is 7. The third-order valence-electron chi connectivity index (χ3n) is 5.57. The molecule has 1 aromatic heterocycles. The van der Waals surface area contributed by atoms with Gasteiger partial charge in [-0.05, 0) is 54.4 Å². The standard InChI is InChI=1S/C28H27N3O5/c1-17(2)16-36-22-8-6-7-19(15-22)26(33)24-25(23-9-4-5-14-29-23)31(28(35)27(24)34)21-12-10-20(11-13-21)30-18(3)32/h4-15,17,25,33H,16H2,1-3H3,(H,30,32)/b26-24-. The van der Waals surface area contributed by atoms with E-state index < -0.39 is 17.7 Å². The van der Waals surface area contributed by atoms with E-state index in [0.29, 0.717) is 40.9 Å². The number of ether oxygens (including phenoxy) is 1. The number of ketones is 1. The first-order valence-electron chi connectivity index (χ1n) is 11.6. The number of aromatic nitrogens is 1. The third kappa shape index (κ3) is 5.12. The number of benzene rings is 2. The Morgan fingerprint density at radius 1 is 1.08 bits per heavy atom. The van der Waals surface area contributed by atoms with Crippen LogP contribution in [0.15, 0.2) is 78.5 Å². The molecule has 0 spiro atoms. The monoisotopic (exact) mass is 485 g/mol. The van der Waals surface area contributed by atoms with Gasteiger partial charge >= 0.3 is 0 Å². The summed E-state index contributed by atoms with van der Waals surface area (Å²) in [6, 6.07) is 17.6. The summed E-state index contributed by atoms with van der Waals surface area (Å²) >= 11 is 0. The largest absolute Gasteiger partial charge is 0.507 e. The summed E-state index contributed by atoms with van der Waals surface area (Å²) in [6.07, 6.45) is 1.57. The topological polar surface area (TPSA) is 109 Å². The molecule has 184 valence electrons. The van der Waals surface area contributed by atoms with Crippen molar-refractivity contribution in [2.75, 3.05) is 16.8 Å². The smallest absolute Gasteiger partial charge is 0.300 e. The van der Waals surface area contributed by atoms with Crippen LogP contribution in [0.5, 0.6) is 5.75 Å². The summed E-state index contributed by atoms with van der Waals surface area (Å²) in [5.41, 5.74) is 1.70. The van der Waals surface area contributed by atoms with E-state index in [1.165, 1.54) is 11.8 Å². The Morgan fingerprint density at radius 3 is 2.47 bits per heavy atom. The maximum absolute atomic E-state index is 13.3. The predicted octanol–water partition coefficient (Wildman–Crippen LogP) is 4.70. The highest BCUT2D eigenvalue weighted by Gasteiger charge is 2.47. The normalized spacial score (nSPS) is 16.9. The van der Waals surface area contributed by atoms with Gasteiger partial charge in [0.05, 0.1) is 17.9 Å². The molecule has 2 amide bonds. The van der Waals surface area contributed by atoms with Gasteiger partial charge in [-0.1, -0.05) is 32.0 Å². The second-order valence-electron chi connectivity index (χ2n) is 8.88. The second-order valence-corrected chi connectivity index (χ2v) is 8.88. The molecule has 0 radical (unpaired) electrons. The van der Waals surface area contributed by atoms with Crippen LogP contribution in [0.25, 0.3) is 5.76 Å². The number of carbonyl (C=O) groups is 3.